The van der Waals surface area contributed by atoms with Crippen LogP contribution in [0.15, 0.2) is 42.6 Å². The standard InChI is InChI=1S/C15H19NO4/c1-11(13(17)19-5)16(12-9-7-6-8-10-12)14(18)20-15(2,3)4/h6-10H,1H2,2-5H3. The lowest BCUT2D eigenvalue weighted by Gasteiger charge is -2.27. The number of nitrogens with zero attached hydrogens (tertiary/aromatic N) is 1. The molecular weight excluding hydrogens is 258 g/mol. The molecule has 5 nitrogen and oxygen atoms in total. The van der Waals surface area contributed by atoms with E-state index in [0.717, 1.165) is 4.90 Å². The molecule has 0 aliphatic rings. The number of hydrogen-bond acceptors (Lipinski definition) is 4. The van der Waals surface area contributed by atoms with E-state index >= 15 is 0 Å². The minimum atomic E-state index is -0.695. The molecule has 20 heavy (non-hydrogen) atoms. The summed E-state index contributed by atoms with van der Waals surface area (Å²) in [4.78, 5) is 25.0. The van der Waals surface area contributed by atoms with Crippen LogP contribution in [0.3, 0.4) is 0 Å². The van der Waals surface area contributed by atoms with E-state index in [-0.39, 0.29) is 5.70 Å². The Morgan fingerprint density at radius 3 is 2.15 bits per heavy atom. The van der Waals surface area contributed by atoms with E-state index in [1.807, 2.05) is 0 Å². The van der Waals surface area contributed by atoms with Crippen LogP contribution in [0.25, 0.3) is 0 Å². The SMILES string of the molecule is C=C(C(=O)OC)N(C(=O)OC(C)(C)C)c1ccccc1. The van der Waals surface area contributed by atoms with Gasteiger partial charge in [0.2, 0.25) is 0 Å². The molecule has 1 rings (SSSR count). The van der Waals surface area contributed by atoms with Crippen LogP contribution in [0.2, 0.25) is 0 Å². The van der Waals surface area contributed by atoms with E-state index in [2.05, 4.69) is 11.3 Å². The zero-order valence-corrected chi connectivity index (χ0v) is 12.2. The predicted octanol–water partition coefficient (Wildman–Crippen LogP) is 3.11. The van der Waals surface area contributed by atoms with Crippen molar-refractivity contribution in [3.63, 3.8) is 0 Å². The molecule has 0 aliphatic carbocycles. The van der Waals surface area contributed by atoms with E-state index in [0.29, 0.717) is 5.69 Å². The Hall–Kier alpha value is -2.30. The fraction of sp³-hybridized carbons (Fsp3) is 0.333. The molecule has 108 valence electrons. The molecule has 5 heteroatoms. The zero-order valence-electron chi connectivity index (χ0n) is 12.2. The lowest BCUT2D eigenvalue weighted by atomic mass is 10.2. The monoisotopic (exact) mass is 277 g/mol. The Morgan fingerprint density at radius 2 is 1.70 bits per heavy atom. The van der Waals surface area contributed by atoms with Crippen LogP contribution in [0.5, 0.6) is 0 Å². The van der Waals surface area contributed by atoms with Gasteiger partial charge in [0, 0.05) is 0 Å². The summed E-state index contributed by atoms with van der Waals surface area (Å²) in [5.41, 5.74) is -0.300. The maximum atomic E-state index is 12.3. The maximum absolute atomic E-state index is 12.3. The second-order valence-corrected chi connectivity index (χ2v) is 5.09. The highest BCUT2D eigenvalue weighted by atomic mass is 16.6. The molecule has 0 spiro atoms. The summed E-state index contributed by atoms with van der Waals surface area (Å²) < 4.78 is 9.90. The van der Waals surface area contributed by atoms with Crippen molar-refractivity contribution in [1.82, 2.24) is 0 Å². The summed E-state index contributed by atoms with van der Waals surface area (Å²) in [6.45, 7) is 8.84. The van der Waals surface area contributed by atoms with Crippen LogP contribution in [-0.2, 0) is 14.3 Å². The van der Waals surface area contributed by atoms with Gasteiger partial charge in [-0.25, -0.2) is 14.5 Å². The molecule has 1 aromatic carbocycles. The lowest BCUT2D eigenvalue weighted by Crippen LogP contribution is -2.38. The minimum absolute atomic E-state index is 0.104. The molecule has 0 aliphatic heterocycles. The molecule has 0 saturated carbocycles. The van der Waals surface area contributed by atoms with Crippen LogP contribution in [0.1, 0.15) is 20.8 Å². The zero-order chi connectivity index (χ0) is 15.3. The van der Waals surface area contributed by atoms with Gasteiger partial charge in [-0.2, -0.15) is 0 Å². The highest BCUT2D eigenvalue weighted by Crippen LogP contribution is 2.22. The molecule has 0 radical (unpaired) electrons. The van der Waals surface area contributed by atoms with Gasteiger partial charge in [-0.1, -0.05) is 24.8 Å². The highest BCUT2D eigenvalue weighted by molar-refractivity contribution is 6.03. The minimum Gasteiger partial charge on any atom is -0.464 e. The average Bonchev–Trinajstić information content (AvgIpc) is 2.37. The van der Waals surface area contributed by atoms with Crippen LogP contribution in [0, 0.1) is 0 Å². The molecule has 0 heterocycles. The average molecular weight is 277 g/mol. The fourth-order valence-electron chi connectivity index (χ4n) is 1.47. The first kappa shape index (κ1) is 15.8. The van der Waals surface area contributed by atoms with Crippen molar-refractivity contribution >= 4 is 17.7 Å². The molecule has 0 N–H and O–H groups in total. The quantitative estimate of drug-likeness (QED) is 0.629. The third kappa shape index (κ3) is 4.12. The van der Waals surface area contributed by atoms with Gasteiger partial charge in [-0.15, -0.1) is 0 Å². The van der Waals surface area contributed by atoms with Crippen molar-refractivity contribution in [2.75, 3.05) is 12.0 Å². The molecule has 0 aromatic heterocycles. The second-order valence-electron chi connectivity index (χ2n) is 5.09. The van der Waals surface area contributed by atoms with E-state index < -0.39 is 17.7 Å². The lowest BCUT2D eigenvalue weighted by molar-refractivity contribution is -0.136. The van der Waals surface area contributed by atoms with Gasteiger partial charge in [-0.05, 0) is 32.9 Å². The van der Waals surface area contributed by atoms with Crippen molar-refractivity contribution in [3.8, 4) is 0 Å². The number of anilines is 1. The Balaban J connectivity index is 3.12. The first-order chi connectivity index (χ1) is 9.26. The summed E-state index contributed by atoms with van der Waals surface area (Å²) >= 11 is 0. The maximum Gasteiger partial charge on any atom is 0.419 e. The van der Waals surface area contributed by atoms with Crippen molar-refractivity contribution < 1.29 is 19.1 Å². The molecule has 0 unspecified atom stereocenters. The highest BCUT2D eigenvalue weighted by Gasteiger charge is 2.28. The largest absolute Gasteiger partial charge is 0.464 e. The van der Waals surface area contributed by atoms with Gasteiger partial charge in [0.15, 0.2) is 0 Å². The third-order valence-electron chi connectivity index (χ3n) is 2.28. The smallest absolute Gasteiger partial charge is 0.419 e. The van der Waals surface area contributed by atoms with Gasteiger partial charge < -0.3 is 9.47 Å². The summed E-state index contributed by atoms with van der Waals surface area (Å²) in [6.07, 6.45) is -0.681. The molecular formula is C15H19NO4. The van der Waals surface area contributed by atoms with E-state index in [4.69, 9.17) is 4.74 Å². The molecule has 0 atom stereocenters. The van der Waals surface area contributed by atoms with E-state index in [9.17, 15) is 9.59 Å². The van der Waals surface area contributed by atoms with Gasteiger partial charge in [0.05, 0.1) is 12.8 Å². The second kappa shape index (κ2) is 6.23. The summed E-state index contributed by atoms with van der Waals surface area (Å²) in [5.74, 6) is -0.695. The number of rotatable bonds is 3. The van der Waals surface area contributed by atoms with E-state index in [1.54, 1.807) is 51.1 Å². The van der Waals surface area contributed by atoms with Gasteiger partial charge in [0.1, 0.15) is 11.3 Å². The topological polar surface area (TPSA) is 55.8 Å². The van der Waals surface area contributed by atoms with Crippen molar-refractivity contribution in [2.45, 2.75) is 26.4 Å². The molecule has 1 amide bonds. The Labute approximate surface area is 118 Å². The normalized spacial score (nSPS) is 10.6. The number of methoxy groups -OCH3 is 1. The first-order valence-electron chi connectivity index (χ1n) is 6.11. The molecule has 0 bridgehead atoms. The Morgan fingerprint density at radius 1 is 1.15 bits per heavy atom. The Bertz CT molecular complexity index is 502. The van der Waals surface area contributed by atoms with Gasteiger partial charge >= 0.3 is 12.1 Å². The summed E-state index contributed by atoms with van der Waals surface area (Å²) in [6, 6.07) is 8.66. The van der Waals surface area contributed by atoms with E-state index in [1.165, 1.54) is 7.11 Å². The fourth-order valence-corrected chi connectivity index (χ4v) is 1.47. The molecule has 0 fully saturated rings. The number of benzene rings is 1. The van der Waals surface area contributed by atoms with Crippen molar-refractivity contribution in [2.24, 2.45) is 0 Å². The van der Waals surface area contributed by atoms with Crippen LogP contribution in [0.4, 0.5) is 10.5 Å². The number of amides is 1. The van der Waals surface area contributed by atoms with Crippen molar-refractivity contribution in [1.29, 1.82) is 0 Å². The number of carbonyl (C=O) groups excluding carboxylic acids is 2. The van der Waals surface area contributed by atoms with Crippen molar-refractivity contribution in [3.05, 3.63) is 42.6 Å². The summed E-state index contributed by atoms with van der Waals surface area (Å²) in [5, 5.41) is 0. The van der Waals surface area contributed by atoms with Gasteiger partial charge in [-0.3, -0.25) is 0 Å². The number of hydrogen-bond donors (Lipinski definition) is 0. The predicted molar refractivity (Wildman–Crippen MR) is 76.3 cm³/mol. The van der Waals surface area contributed by atoms with Crippen LogP contribution >= 0.6 is 0 Å². The first-order valence-corrected chi connectivity index (χ1v) is 6.11. The van der Waals surface area contributed by atoms with Crippen LogP contribution < -0.4 is 4.90 Å². The summed E-state index contributed by atoms with van der Waals surface area (Å²) in [7, 11) is 1.23. The number of esters is 1. The number of ether oxygens (including phenoxy) is 2. The number of para-hydroxylation sites is 1. The molecule has 1 aromatic rings. The van der Waals surface area contributed by atoms with Crippen LogP contribution in [-0.4, -0.2) is 24.8 Å². The van der Waals surface area contributed by atoms with Gasteiger partial charge in [0.25, 0.3) is 0 Å². The third-order valence-corrected chi connectivity index (χ3v) is 2.28. The molecule has 0 saturated heterocycles. The Kier molecular flexibility index (Phi) is 4.91. The number of carbonyl (C=O) groups is 2.